The molecular formula is C14H20BrN. The molecular weight excluding hydrogens is 262 g/mol. The number of nitrogens with one attached hydrogen (secondary N) is 1. The number of benzene rings is 1. The molecule has 0 aliphatic heterocycles. The average Bonchev–Trinajstić information content (AvgIpc) is 2.26. The summed E-state index contributed by atoms with van der Waals surface area (Å²) < 4.78 is 1.16. The Morgan fingerprint density at radius 1 is 1.38 bits per heavy atom. The smallest absolute Gasteiger partial charge is 0.0247 e. The van der Waals surface area contributed by atoms with Crippen molar-refractivity contribution in [3.8, 4) is 0 Å². The van der Waals surface area contributed by atoms with E-state index < -0.39 is 0 Å². The van der Waals surface area contributed by atoms with Gasteiger partial charge in [-0.15, -0.1) is 0 Å². The highest BCUT2D eigenvalue weighted by molar-refractivity contribution is 9.10. The van der Waals surface area contributed by atoms with Crippen molar-refractivity contribution < 1.29 is 0 Å². The van der Waals surface area contributed by atoms with E-state index in [2.05, 4.69) is 66.3 Å². The highest BCUT2D eigenvalue weighted by Gasteiger charge is 2.04. The van der Waals surface area contributed by atoms with E-state index in [1.54, 1.807) is 0 Å². The van der Waals surface area contributed by atoms with Gasteiger partial charge in [0.1, 0.15) is 0 Å². The Morgan fingerprint density at radius 2 is 2.06 bits per heavy atom. The van der Waals surface area contributed by atoms with E-state index in [-0.39, 0.29) is 0 Å². The highest BCUT2D eigenvalue weighted by Crippen LogP contribution is 2.21. The Balaban J connectivity index is 2.89. The van der Waals surface area contributed by atoms with Crippen molar-refractivity contribution in [3.05, 3.63) is 39.9 Å². The van der Waals surface area contributed by atoms with Gasteiger partial charge in [0.05, 0.1) is 0 Å². The summed E-state index contributed by atoms with van der Waals surface area (Å²) in [5.74, 6) is 0.575. The maximum Gasteiger partial charge on any atom is 0.0247 e. The molecule has 0 aliphatic rings. The molecule has 1 N–H and O–H groups in total. The largest absolute Gasteiger partial charge is 0.313 e. The molecule has 0 atom stereocenters. The SMILES string of the molecule is CCNCC(=Cc1ccccc1Br)C(C)C. The molecule has 0 aromatic heterocycles. The van der Waals surface area contributed by atoms with Crippen LogP contribution in [0.25, 0.3) is 6.08 Å². The molecule has 1 aromatic rings. The number of rotatable bonds is 5. The second kappa shape index (κ2) is 6.87. The molecule has 0 aliphatic carbocycles. The van der Waals surface area contributed by atoms with Crippen LogP contribution in [-0.2, 0) is 0 Å². The highest BCUT2D eigenvalue weighted by atomic mass is 79.9. The number of likely N-dealkylation sites (N-methyl/N-ethyl adjacent to an activating group) is 1. The minimum absolute atomic E-state index is 0.575. The summed E-state index contributed by atoms with van der Waals surface area (Å²) in [6.45, 7) is 8.59. The van der Waals surface area contributed by atoms with E-state index in [0.717, 1.165) is 17.6 Å². The predicted octanol–water partition coefficient (Wildman–Crippen LogP) is 4.10. The maximum atomic E-state index is 3.58. The van der Waals surface area contributed by atoms with E-state index >= 15 is 0 Å². The Morgan fingerprint density at radius 3 is 2.62 bits per heavy atom. The van der Waals surface area contributed by atoms with Crippen molar-refractivity contribution in [2.75, 3.05) is 13.1 Å². The first-order chi connectivity index (χ1) is 7.65. The molecule has 0 saturated carbocycles. The minimum Gasteiger partial charge on any atom is -0.313 e. The average molecular weight is 282 g/mol. The Bertz CT molecular complexity index is 356. The minimum atomic E-state index is 0.575. The third-order valence-electron chi connectivity index (χ3n) is 2.57. The van der Waals surface area contributed by atoms with Gasteiger partial charge in [-0.05, 0) is 24.1 Å². The lowest BCUT2D eigenvalue weighted by Crippen LogP contribution is -2.18. The summed E-state index contributed by atoms with van der Waals surface area (Å²) in [5, 5.41) is 3.39. The summed E-state index contributed by atoms with van der Waals surface area (Å²) in [5.41, 5.74) is 2.69. The van der Waals surface area contributed by atoms with Crippen LogP contribution in [0.5, 0.6) is 0 Å². The normalized spacial score (nSPS) is 12.2. The molecule has 88 valence electrons. The van der Waals surface area contributed by atoms with Crippen molar-refractivity contribution in [2.24, 2.45) is 5.92 Å². The first-order valence-electron chi connectivity index (χ1n) is 5.80. The van der Waals surface area contributed by atoms with Gasteiger partial charge in [0, 0.05) is 11.0 Å². The number of halogens is 1. The van der Waals surface area contributed by atoms with Crippen LogP contribution in [0.2, 0.25) is 0 Å². The Kier molecular flexibility index (Phi) is 5.78. The van der Waals surface area contributed by atoms with Gasteiger partial charge in [-0.25, -0.2) is 0 Å². The molecule has 1 rings (SSSR count). The molecule has 2 heteroatoms. The third-order valence-corrected chi connectivity index (χ3v) is 3.29. The van der Waals surface area contributed by atoms with Gasteiger partial charge in [0.25, 0.3) is 0 Å². The quantitative estimate of drug-likeness (QED) is 0.857. The van der Waals surface area contributed by atoms with E-state index in [1.807, 2.05) is 6.07 Å². The summed E-state index contributed by atoms with van der Waals surface area (Å²) in [7, 11) is 0. The van der Waals surface area contributed by atoms with Crippen molar-refractivity contribution in [3.63, 3.8) is 0 Å². The number of hydrogen-bond acceptors (Lipinski definition) is 1. The monoisotopic (exact) mass is 281 g/mol. The molecule has 1 nitrogen and oxygen atoms in total. The van der Waals surface area contributed by atoms with Gasteiger partial charge in [-0.2, -0.15) is 0 Å². The molecule has 0 heterocycles. The molecule has 0 bridgehead atoms. The van der Waals surface area contributed by atoms with Crippen LogP contribution < -0.4 is 5.32 Å². The van der Waals surface area contributed by atoms with Crippen LogP contribution in [0, 0.1) is 5.92 Å². The van der Waals surface area contributed by atoms with Crippen molar-refractivity contribution in [1.82, 2.24) is 5.32 Å². The van der Waals surface area contributed by atoms with Crippen LogP contribution in [0.3, 0.4) is 0 Å². The van der Waals surface area contributed by atoms with Gasteiger partial charge < -0.3 is 5.32 Å². The first-order valence-corrected chi connectivity index (χ1v) is 6.60. The van der Waals surface area contributed by atoms with Crippen LogP contribution >= 0.6 is 15.9 Å². The summed E-state index contributed by atoms with van der Waals surface area (Å²) in [6.07, 6.45) is 2.28. The molecule has 0 fully saturated rings. The standard InChI is InChI=1S/C14H20BrN/c1-4-16-10-13(11(2)3)9-12-7-5-6-8-14(12)15/h5-9,11,16H,4,10H2,1-3H3. The fourth-order valence-corrected chi connectivity index (χ4v) is 1.88. The van der Waals surface area contributed by atoms with Crippen LogP contribution in [0.15, 0.2) is 34.3 Å². The molecule has 0 unspecified atom stereocenters. The lowest BCUT2D eigenvalue weighted by molar-refractivity contribution is 0.682. The topological polar surface area (TPSA) is 12.0 Å². The van der Waals surface area contributed by atoms with Gasteiger partial charge in [-0.3, -0.25) is 0 Å². The van der Waals surface area contributed by atoms with Crippen LogP contribution in [0.1, 0.15) is 26.3 Å². The second-order valence-corrected chi connectivity index (χ2v) is 5.03. The molecule has 16 heavy (non-hydrogen) atoms. The molecule has 1 aromatic carbocycles. The fourth-order valence-electron chi connectivity index (χ4n) is 1.48. The third kappa shape index (κ3) is 4.11. The lowest BCUT2D eigenvalue weighted by Gasteiger charge is -2.12. The molecule has 0 saturated heterocycles. The fraction of sp³-hybridized carbons (Fsp3) is 0.429. The molecule has 0 spiro atoms. The van der Waals surface area contributed by atoms with Crippen molar-refractivity contribution in [1.29, 1.82) is 0 Å². The maximum absolute atomic E-state index is 3.58. The van der Waals surface area contributed by atoms with Gasteiger partial charge >= 0.3 is 0 Å². The van der Waals surface area contributed by atoms with Gasteiger partial charge in [0.15, 0.2) is 0 Å². The molecule has 0 amide bonds. The summed E-state index contributed by atoms with van der Waals surface area (Å²) in [4.78, 5) is 0. The summed E-state index contributed by atoms with van der Waals surface area (Å²) in [6, 6.07) is 8.33. The molecule has 0 radical (unpaired) electrons. The first kappa shape index (κ1) is 13.5. The number of hydrogen-bond donors (Lipinski definition) is 1. The van der Waals surface area contributed by atoms with Crippen molar-refractivity contribution >= 4 is 22.0 Å². The van der Waals surface area contributed by atoms with Crippen molar-refractivity contribution in [2.45, 2.75) is 20.8 Å². The predicted molar refractivity (Wildman–Crippen MR) is 75.5 cm³/mol. The zero-order valence-electron chi connectivity index (χ0n) is 10.3. The van der Waals surface area contributed by atoms with Crippen LogP contribution in [0.4, 0.5) is 0 Å². The van der Waals surface area contributed by atoms with E-state index in [9.17, 15) is 0 Å². The zero-order valence-corrected chi connectivity index (χ0v) is 11.8. The Hall–Kier alpha value is -0.600. The van der Waals surface area contributed by atoms with E-state index in [4.69, 9.17) is 0 Å². The summed E-state index contributed by atoms with van der Waals surface area (Å²) >= 11 is 3.58. The second-order valence-electron chi connectivity index (χ2n) is 4.18. The van der Waals surface area contributed by atoms with E-state index in [1.165, 1.54) is 11.1 Å². The van der Waals surface area contributed by atoms with E-state index in [0.29, 0.717) is 5.92 Å². The Labute approximate surface area is 107 Å². The lowest BCUT2D eigenvalue weighted by atomic mass is 10.0. The zero-order chi connectivity index (χ0) is 12.0. The van der Waals surface area contributed by atoms with Gasteiger partial charge in [0.2, 0.25) is 0 Å². The van der Waals surface area contributed by atoms with Gasteiger partial charge in [-0.1, -0.05) is 66.5 Å². The van der Waals surface area contributed by atoms with Crippen LogP contribution in [-0.4, -0.2) is 13.1 Å².